The average Bonchev–Trinajstić information content (AvgIpc) is 2.35. The van der Waals surface area contributed by atoms with Gasteiger partial charge < -0.3 is 21.1 Å². The molecule has 8 heteroatoms. The van der Waals surface area contributed by atoms with Gasteiger partial charge in [0.25, 0.3) is 0 Å². The Morgan fingerprint density at radius 3 is 2.71 bits per heavy atom. The lowest BCUT2D eigenvalue weighted by Crippen LogP contribution is -2.28. The predicted octanol–water partition coefficient (Wildman–Crippen LogP) is -0.750. The van der Waals surface area contributed by atoms with Gasteiger partial charge in [-0.3, -0.25) is 0 Å². The number of aliphatic hydroxyl groups excluding tert-OH is 2. The Hall–Kier alpha value is -1.22. The molecule has 0 saturated carbocycles. The zero-order chi connectivity index (χ0) is 13.0. The molecule has 0 aliphatic carbocycles. The molecule has 0 aromatic carbocycles. The molecule has 0 radical (unpaired) electrons. The van der Waals surface area contributed by atoms with E-state index in [1.807, 2.05) is 0 Å². The van der Waals surface area contributed by atoms with Crippen molar-refractivity contribution in [1.29, 1.82) is 0 Å². The molecule has 1 heterocycles. The number of rotatable bonds is 5. The van der Waals surface area contributed by atoms with Crippen LogP contribution in [0.5, 0.6) is 0 Å². The standard InChI is InChI=1S/C9H13N3O4S/c1-17-9-11-3-4(6(12-9)8(15)16)7(14)5(13)2-10/h3,5,7,13-14H,2,10H2,1H3,(H,15,16). The minimum absolute atomic E-state index is 0.0479. The lowest BCUT2D eigenvalue weighted by molar-refractivity contribution is 0.0225. The molecule has 0 aliphatic heterocycles. The lowest BCUT2D eigenvalue weighted by Gasteiger charge is -2.17. The van der Waals surface area contributed by atoms with Gasteiger partial charge in [0.15, 0.2) is 10.9 Å². The topological polar surface area (TPSA) is 130 Å². The number of carboxylic acid groups (broad SMARTS) is 1. The van der Waals surface area contributed by atoms with Gasteiger partial charge in [-0.15, -0.1) is 0 Å². The van der Waals surface area contributed by atoms with Crippen LogP contribution in [0.4, 0.5) is 0 Å². The van der Waals surface area contributed by atoms with Gasteiger partial charge in [-0.25, -0.2) is 14.8 Å². The third-order valence-corrected chi connectivity index (χ3v) is 2.67. The van der Waals surface area contributed by atoms with Crippen LogP contribution in [0.3, 0.4) is 0 Å². The van der Waals surface area contributed by atoms with Crippen molar-refractivity contribution in [3.05, 3.63) is 17.5 Å². The molecule has 0 bridgehead atoms. The van der Waals surface area contributed by atoms with Crippen LogP contribution in [-0.4, -0.2) is 50.2 Å². The van der Waals surface area contributed by atoms with Crippen molar-refractivity contribution in [2.75, 3.05) is 12.8 Å². The van der Waals surface area contributed by atoms with Crippen LogP contribution < -0.4 is 5.73 Å². The summed E-state index contributed by atoms with van der Waals surface area (Å²) in [6, 6.07) is 0. The van der Waals surface area contributed by atoms with E-state index < -0.39 is 18.2 Å². The largest absolute Gasteiger partial charge is 0.476 e. The van der Waals surface area contributed by atoms with Crippen molar-refractivity contribution in [3.63, 3.8) is 0 Å². The fraction of sp³-hybridized carbons (Fsp3) is 0.444. The van der Waals surface area contributed by atoms with Crippen LogP contribution in [0.15, 0.2) is 11.4 Å². The molecule has 7 nitrogen and oxygen atoms in total. The molecule has 1 rings (SSSR count). The molecule has 0 spiro atoms. The van der Waals surface area contributed by atoms with E-state index in [0.717, 1.165) is 0 Å². The SMILES string of the molecule is CSc1ncc(C(O)C(O)CN)c(C(=O)O)n1. The van der Waals surface area contributed by atoms with Gasteiger partial charge in [0.05, 0.1) is 6.10 Å². The van der Waals surface area contributed by atoms with Crippen molar-refractivity contribution >= 4 is 17.7 Å². The third-order valence-electron chi connectivity index (χ3n) is 2.10. The van der Waals surface area contributed by atoms with Crippen LogP contribution in [0, 0.1) is 0 Å². The highest BCUT2D eigenvalue weighted by molar-refractivity contribution is 7.98. The van der Waals surface area contributed by atoms with Gasteiger partial charge in [0.1, 0.15) is 6.10 Å². The smallest absolute Gasteiger partial charge is 0.355 e. The number of carboxylic acids is 1. The summed E-state index contributed by atoms with van der Waals surface area (Å²) in [5.41, 5.74) is 4.81. The Balaban J connectivity index is 3.18. The highest BCUT2D eigenvalue weighted by Crippen LogP contribution is 2.21. The highest BCUT2D eigenvalue weighted by atomic mass is 32.2. The monoisotopic (exact) mass is 259 g/mol. The van der Waals surface area contributed by atoms with E-state index in [2.05, 4.69) is 9.97 Å². The summed E-state index contributed by atoms with van der Waals surface area (Å²) in [6.45, 7) is -0.190. The van der Waals surface area contributed by atoms with Gasteiger partial charge >= 0.3 is 5.97 Å². The Labute approximate surface area is 102 Å². The molecule has 1 aromatic heterocycles. The Bertz CT molecular complexity index is 415. The Morgan fingerprint density at radius 2 is 2.24 bits per heavy atom. The number of hydrogen-bond donors (Lipinski definition) is 4. The van der Waals surface area contributed by atoms with Crippen LogP contribution in [-0.2, 0) is 0 Å². The molecule has 2 unspecified atom stereocenters. The zero-order valence-electron chi connectivity index (χ0n) is 9.07. The van der Waals surface area contributed by atoms with Gasteiger partial charge in [-0.2, -0.15) is 0 Å². The minimum Gasteiger partial charge on any atom is -0.476 e. The normalized spacial score (nSPS) is 14.4. The van der Waals surface area contributed by atoms with Gasteiger partial charge in [0.2, 0.25) is 0 Å². The summed E-state index contributed by atoms with van der Waals surface area (Å²) in [7, 11) is 0. The van der Waals surface area contributed by atoms with Crippen LogP contribution in [0.2, 0.25) is 0 Å². The number of aliphatic hydroxyl groups is 2. The molecule has 2 atom stereocenters. The maximum absolute atomic E-state index is 11.0. The Morgan fingerprint density at radius 1 is 1.59 bits per heavy atom. The number of nitrogens with two attached hydrogens (primary N) is 1. The highest BCUT2D eigenvalue weighted by Gasteiger charge is 2.24. The summed E-state index contributed by atoms with van der Waals surface area (Å²) in [4.78, 5) is 18.6. The third kappa shape index (κ3) is 3.13. The van der Waals surface area contributed by atoms with E-state index in [1.165, 1.54) is 18.0 Å². The first kappa shape index (κ1) is 13.8. The summed E-state index contributed by atoms with van der Waals surface area (Å²) in [5, 5.41) is 28.3. The number of carbonyl (C=O) groups is 1. The molecule has 0 fully saturated rings. The van der Waals surface area contributed by atoms with E-state index in [-0.39, 0.29) is 23.0 Å². The van der Waals surface area contributed by atoms with Crippen LogP contribution >= 0.6 is 11.8 Å². The van der Waals surface area contributed by atoms with Gasteiger partial charge in [0, 0.05) is 18.3 Å². The molecule has 5 N–H and O–H groups in total. The maximum atomic E-state index is 11.0. The summed E-state index contributed by atoms with van der Waals surface area (Å²) in [6.07, 6.45) is 0.219. The van der Waals surface area contributed by atoms with Crippen molar-refractivity contribution in [1.82, 2.24) is 9.97 Å². The summed E-state index contributed by atoms with van der Waals surface area (Å²) < 4.78 is 0. The second kappa shape index (κ2) is 5.92. The molecule has 0 saturated heterocycles. The molecule has 94 valence electrons. The Kier molecular flexibility index (Phi) is 4.82. The second-order valence-corrected chi connectivity index (χ2v) is 3.99. The lowest BCUT2D eigenvalue weighted by atomic mass is 10.0. The fourth-order valence-electron chi connectivity index (χ4n) is 1.20. The summed E-state index contributed by atoms with van der Waals surface area (Å²) >= 11 is 1.18. The van der Waals surface area contributed by atoms with Crippen molar-refractivity contribution in [3.8, 4) is 0 Å². The number of nitrogens with zero attached hydrogens (tertiary/aromatic N) is 2. The first-order valence-electron chi connectivity index (χ1n) is 4.71. The molecular weight excluding hydrogens is 246 g/mol. The second-order valence-electron chi connectivity index (χ2n) is 3.21. The number of aromatic nitrogens is 2. The van der Waals surface area contributed by atoms with E-state index in [4.69, 9.17) is 10.8 Å². The van der Waals surface area contributed by atoms with Gasteiger partial charge in [-0.05, 0) is 6.26 Å². The van der Waals surface area contributed by atoms with E-state index >= 15 is 0 Å². The van der Waals surface area contributed by atoms with Gasteiger partial charge in [-0.1, -0.05) is 11.8 Å². The zero-order valence-corrected chi connectivity index (χ0v) is 9.89. The molecule has 0 aliphatic rings. The average molecular weight is 259 g/mol. The first-order chi connectivity index (χ1) is 8.01. The van der Waals surface area contributed by atoms with Crippen LogP contribution in [0.1, 0.15) is 22.2 Å². The first-order valence-corrected chi connectivity index (χ1v) is 5.94. The number of thioether (sulfide) groups is 1. The van der Waals surface area contributed by atoms with Crippen molar-refractivity contribution in [2.45, 2.75) is 17.4 Å². The molecule has 1 aromatic rings. The van der Waals surface area contributed by atoms with Crippen LogP contribution in [0.25, 0.3) is 0 Å². The van der Waals surface area contributed by atoms with E-state index in [1.54, 1.807) is 6.26 Å². The fourth-order valence-corrected chi connectivity index (χ4v) is 1.54. The van der Waals surface area contributed by atoms with Crippen molar-refractivity contribution < 1.29 is 20.1 Å². The molecule has 0 amide bonds. The molecular formula is C9H13N3O4S. The van der Waals surface area contributed by atoms with E-state index in [9.17, 15) is 15.0 Å². The molecule has 17 heavy (non-hydrogen) atoms. The summed E-state index contributed by atoms with van der Waals surface area (Å²) in [5.74, 6) is -1.29. The maximum Gasteiger partial charge on any atom is 0.355 e. The van der Waals surface area contributed by atoms with Crippen molar-refractivity contribution in [2.24, 2.45) is 5.73 Å². The number of aromatic carboxylic acids is 1. The minimum atomic E-state index is -1.41. The predicted molar refractivity (Wildman–Crippen MR) is 60.8 cm³/mol. The van der Waals surface area contributed by atoms with E-state index in [0.29, 0.717) is 0 Å². The quantitative estimate of drug-likeness (QED) is 0.401. The number of hydrogen-bond acceptors (Lipinski definition) is 7.